The van der Waals surface area contributed by atoms with Crippen LogP contribution in [-0.2, 0) is 0 Å². The highest BCUT2D eigenvalue weighted by molar-refractivity contribution is 6.33. The van der Waals surface area contributed by atoms with Gasteiger partial charge in [0.05, 0.1) is 16.3 Å². The molecule has 2 aromatic heterocycles. The minimum atomic E-state index is -0.601. The molecule has 150 valence electrons. The van der Waals surface area contributed by atoms with Gasteiger partial charge in [0, 0.05) is 37.9 Å². The van der Waals surface area contributed by atoms with Gasteiger partial charge >= 0.3 is 0 Å². The number of rotatable bonds is 3. The van der Waals surface area contributed by atoms with Crippen molar-refractivity contribution in [1.82, 2.24) is 24.4 Å². The number of aromatic nitrogens is 4. The first-order valence-corrected chi connectivity index (χ1v) is 9.64. The van der Waals surface area contributed by atoms with Crippen LogP contribution in [0.4, 0.5) is 10.2 Å². The summed E-state index contributed by atoms with van der Waals surface area (Å²) in [5.41, 5.74) is 1.90. The third-order valence-corrected chi connectivity index (χ3v) is 5.52. The molecule has 0 bridgehead atoms. The summed E-state index contributed by atoms with van der Waals surface area (Å²) in [6, 6.07) is 6.16. The summed E-state index contributed by atoms with van der Waals surface area (Å²) < 4.78 is 16.0. The minimum Gasteiger partial charge on any atom is -0.353 e. The zero-order valence-corrected chi connectivity index (χ0v) is 16.9. The Balaban J connectivity index is 1.48. The Labute approximate surface area is 172 Å². The lowest BCUT2D eigenvalue weighted by molar-refractivity contribution is 0.0742. The van der Waals surface area contributed by atoms with Crippen molar-refractivity contribution in [2.24, 2.45) is 0 Å². The molecule has 0 unspecified atom stereocenters. The number of carbonyl (C=O) groups is 1. The Hall–Kier alpha value is -3.00. The van der Waals surface area contributed by atoms with E-state index in [9.17, 15) is 9.18 Å². The topological polar surface area (TPSA) is 67.2 Å². The van der Waals surface area contributed by atoms with Gasteiger partial charge in [-0.2, -0.15) is 0 Å². The van der Waals surface area contributed by atoms with Gasteiger partial charge in [0.2, 0.25) is 0 Å². The van der Waals surface area contributed by atoms with Crippen LogP contribution in [0.1, 0.15) is 21.7 Å². The van der Waals surface area contributed by atoms with E-state index in [0.29, 0.717) is 26.2 Å². The fourth-order valence-corrected chi connectivity index (χ4v) is 3.61. The fraction of sp³-hybridized carbons (Fsp3) is 0.300. The zero-order valence-electron chi connectivity index (χ0n) is 16.1. The van der Waals surface area contributed by atoms with Gasteiger partial charge in [-0.1, -0.05) is 17.7 Å². The number of piperazine rings is 1. The molecule has 0 N–H and O–H groups in total. The summed E-state index contributed by atoms with van der Waals surface area (Å²) in [6.07, 6.45) is 3.27. The van der Waals surface area contributed by atoms with Crippen molar-refractivity contribution in [3.05, 3.63) is 64.7 Å². The van der Waals surface area contributed by atoms with Crippen molar-refractivity contribution in [3.63, 3.8) is 0 Å². The summed E-state index contributed by atoms with van der Waals surface area (Å²) >= 11 is 6.04. The molecule has 29 heavy (non-hydrogen) atoms. The van der Waals surface area contributed by atoms with Gasteiger partial charge in [-0.15, -0.1) is 0 Å². The monoisotopic (exact) mass is 414 g/mol. The molecule has 3 heterocycles. The molecule has 0 spiro atoms. The summed E-state index contributed by atoms with van der Waals surface area (Å²) in [5.74, 6) is 0.526. The Morgan fingerprint density at radius 3 is 2.45 bits per heavy atom. The first kappa shape index (κ1) is 19.3. The van der Waals surface area contributed by atoms with Gasteiger partial charge in [0.15, 0.2) is 0 Å². The summed E-state index contributed by atoms with van der Waals surface area (Å²) in [7, 11) is 0. The van der Waals surface area contributed by atoms with Crippen molar-refractivity contribution in [2.45, 2.75) is 13.8 Å². The summed E-state index contributed by atoms with van der Waals surface area (Å²) in [6.45, 7) is 6.00. The molecule has 0 atom stereocenters. The van der Waals surface area contributed by atoms with Crippen LogP contribution in [0.15, 0.2) is 36.9 Å². The molecular formula is C20H20ClFN6O. The SMILES string of the molecule is Cc1ncn(-c2cc(N3CCN(C(=O)c4c(F)cccc4Cl)CC3)ncn2)c1C. The summed E-state index contributed by atoms with van der Waals surface area (Å²) in [5, 5.41) is 0.129. The maximum atomic E-state index is 14.1. The van der Waals surface area contributed by atoms with E-state index in [1.54, 1.807) is 11.2 Å². The number of halogens is 2. The fourth-order valence-electron chi connectivity index (χ4n) is 3.37. The van der Waals surface area contributed by atoms with Crippen LogP contribution in [0.2, 0.25) is 5.02 Å². The van der Waals surface area contributed by atoms with Crippen LogP contribution < -0.4 is 4.90 Å². The number of aryl methyl sites for hydroxylation is 1. The van der Waals surface area contributed by atoms with Gasteiger partial charge in [-0.25, -0.2) is 19.3 Å². The van der Waals surface area contributed by atoms with E-state index in [2.05, 4.69) is 19.9 Å². The third kappa shape index (κ3) is 3.67. The Morgan fingerprint density at radius 2 is 1.79 bits per heavy atom. The summed E-state index contributed by atoms with van der Waals surface area (Å²) in [4.78, 5) is 29.4. The van der Waals surface area contributed by atoms with Gasteiger partial charge in [-0.05, 0) is 26.0 Å². The Bertz CT molecular complexity index is 1040. The lowest BCUT2D eigenvalue weighted by Gasteiger charge is -2.35. The Kier molecular flexibility index (Phi) is 5.19. The van der Waals surface area contributed by atoms with E-state index in [4.69, 9.17) is 11.6 Å². The number of hydrogen-bond donors (Lipinski definition) is 0. The van der Waals surface area contributed by atoms with Crippen LogP contribution in [0.5, 0.6) is 0 Å². The third-order valence-electron chi connectivity index (χ3n) is 5.20. The molecule has 4 rings (SSSR count). The second-order valence-electron chi connectivity index (χ2n) is 6.90. The van der Waals surface area contributed by atoms with Gasteiger partial charge in [-0.3, -0.25) is 9.36 Å². The molecule has 1 aliphatic rings. The molecule has 0 aliphatic carbocycles. The maximum absolute atomic E-state index is 14.1. The van der Waals surface area contributed by atoms with E-state index >= 15 is 0 Å². The molecule has 7 nitrogen and oxygen atoms in total. The van der Waals surface area contributed by atoms with Crippen LogP contribution in [0.25, 0.3) is 5.82 Å². The van der Waals surface area contributed by atoms with Crippen LogP contribution >= 0.6 is 11.6 Å². The van der Waals surface area contributed by atoms with Crippen molar-refractivity contribution >= 4 is 23.3 Å². The molecule has 3 aromatic rings. The molecule has 1 aliphatic heterocycles. The van der Waals surface area contributed by atoms with Crippen LogP contribution in [0, 0.1) is 19.7 Å². The average molecular weight is 415 g/mol. The van der Waals surface area contributed by atoms with E-state index in [1.165, 1.54) is 24.5 Å². The quantitative estimate of drug-likeness (QED) is 0.659. The maximum Gasteiger partial charge on any atom is 0.258 e. The highest BCUT2D eigenvalue weighted by Gasteiger charge is 2.26. The lowest BCUT2D eigenvalue weighted by Crippen LogP contribution is -2.49. The van der Waals surface area contributed by atoms with Gasteiger partial charge < -0.3 is 9.80 Å². The highest BCUT2D eigenvalue weighted by Crippen LogP contribution is 2.23. The Morgan fingerprint density at radius 1 is 1.07 bits per heavy atom. The molecule has 1 aromatic carbocycles. The number of benzene rings is 1. The van der Waals surface area contributed by atoms with Crippen molar-refractivity contribution < 1.29 is 9.18 Å². The number of nitrogens with zero attached hydrogens (tertiary/aromatic N) is 6. The molecule has 1 fully saturated rings. The minimum absolute atomic E-state index is 0.0714. The molecule has 1 amide bonds. The number of amides is 1. The second-order valence-corrected chi connectivity index (χ2v) is 7.30. The normalized spacial score (nSPS) is 14.3. The van der Waals surface area contributed by atoms with Gasteiger partial charge in [0.1, 0.15) is 30.1 Å². The predicted molar refractivity (Wildman–Crippen MR) is 108 cm³/mol. The van der Waals surface area contributed by atoms with E-state index in [0.717, 1.165) is 23.0 Å². The second kappa shape index (κ2) is 7.79. The smallest absolute Gasteiger partial charge is 0.258 e. The average Bonchev–Trinajstić information content (AvgIpc) is 3.06. The van der Waals surface area contributed by atoms with Gasteiger partial charge in [0.25, 0.3) is 5.91 Å². The zero-order chi connectivity index (χ0) is 20.5. The lowest BCUT2D eigenvalue weighted by atomic mass is 10.1. The van der Waals surface area contributed by atoms with E-state index in [1.807, 2.05) is 24.5 Å². The first-order chi connectivity index (χ1) is 14.0. The van der Waals surface area contributed by atoms with Crippen LogP contribution in [0.3, 0.4) is 0 Å². The number of imidazole rings is 1. The largest absolute Gasteiger partial charge is 0.353 e. The van der Waals surface area contributed by atoms with Crippen molar-refractivity contribution in [3.8, 4) is 5.82 Å². The number of hydrogen-bond acceptors (Lipinski definition) is 5. The molecule has 0 radical (unpaired) electrons. The first-order valence-electron chi connectivity index (χ1n) is 9.27. The van der Waals surface area contributed by atoms with Crippen molar-refractivity contribution in [1.29, 1.82) is 0 Å². The molecule has 1 saturated heterocycles. The molecule has 9 heteroatoms. The van der Waals surface area contributed by atoms with E-state index < -0.39 is 5.82 Å². The van der Waals surface area contributed by atoms with Crippen molar-refractivity contribution in [2.75, 3.05) is 31.1 Å². The van der Waals surface area contributed by atoms with E-state index in [-0.39, 0.29) is 16.5 Å². The predicted octanol–water partition coefficient (Wildman–Crippen LogP) is 3.03. The molecular weight excluding hydrogens is 395 g/mol. The molecule has 0 saturated carbocycles. The number of anilines is 1. The number of carbonyl (C=O) groups excluding carboxylic acids is 1. The standard InChI is InChI=1S/C20H20ClFN6O/c1-13-14(2)28(12-25-13)18-10-17(23-11-24-18)26-6-8-27(9-7-26)20(29)19-15(21)4-3-5-16(19)22/h3-5,10-12H,6-9H2,1-2H3. The van der Waals surface area contributed by atoms with Crippen LogP contribution in [-0.4, -0.2) is 56.5 Å². The highest BCUT2D eigenvalue weighted by atomic mass is 35.5.